The van der Waals surface area contributed by atoms with E-state index >= 15 is 0 Å². The number of anilines is 1. The number of nitrogens with zero attached hydrogens (tertiary/aromatic N) is 4. The third kappa shape index (κ3) is 3.91. The van der Waals surface area contributed by atoms with Gasteiger partial charge in [-0.15, -0.1) is 5.10 Å². The summed E-state index contributed by atoms with van der Waals surface area (Å²) < 4.78 is 70.6. The Labute approximate surface area is 160 Å². The van der Waals surface area contributed by atoms with E-state index in [1.54, 1.807) is 0 Å². The molecular formula is C17H15F5N6O. The molecule has 1 fully saturated rings. The van der Waals surface area contributed by atoms with Crippen molar-refractivity contribution in [3.05, 3.63) is 29.7 Å². The van der Waals surface area contributed by atoms with E-state index in [0.29, 0.717) is 5.82 Å². The van der Waals surface area contributed by atoms with Gasteiger partial charge in [0.25, 0.3) is 5.88 Å². The summed E-state index contributed by atoms with van der Waals surface area (Å²) in [6.07, 6.45) is -3.64. The SMILES string of the molecule is Nc1nc(C2CCC(F)(F)CC2)nc2[nH]nc(Oc3cc(C(F)(F)F)ccn3)c12. The molecule has 3 heterocycles. The number of fused-ring (bicyclic) bond motifs is 1. The predicted octanol–water partition coefficient (Wildman–Crippen LogP) is 4.43. The molecule has 154 valence electrons. The smallest absolute Gasteiger partial charge is 0.416 e. The third-order valence-electron chi connectivity index (χ3n) is 4.78. The van der Waals surface area contributed by atoms with E-state index in [0.717, 1.165) is 18.3 Å². The minimum absolute atomic E-state index is 0.0157. The molecule has 0 radical (unpaired) electrons. The maximum absolute atomic E-state index is 13.4. The number of nitrogens with two attached hydrogens (primary N) is 1. The fourth-order valence-corrected chi connectivity index (χ4v) is 3.24. The number of aromatic nitrogens is 5. The first-order valence-electron chi connectivity index (χ1n) is 8.73. The molecule has 7 nitrogen and oxygen atoms in total. The molecule has 1 aliphatic rings. The molecule has 4 rings (SSSR count). The van der Waals surface area contributed by atoms with Crippen LogP contribution >= 0.6 is 0 Å². The van der Waals surface area contributed by atoms with E-state index in [9.17, 15) is 22.0 Å². The number of H-pyrrole nitrogens is 1. The number of hydrogen-bond donors (Lipinski definition) is 2. The molecule has 0 spiro atoms. The predicted molar refractivity (Wildman–Crippen MR) is 91.6 cm³/mol. The molecule has 29 heavy (non-hydrogen) atoms. The lowest BCUT2D eigenvalue weighted by Gasteiger charge is -2.27. The first-order chi connectivity index (χ1) is 13.6. The Morgan fingerprint density at radius 1 is 1.17 bits per heavy atom. The second-order valence-electron chi connectivity index (χ2n) is 6.83. The van der Waals surface area contributed by atoms with Crippen molar-refractivity contribution in [2.75, 3.05) is 5.73 Å². The van der Waals surface area contributed by atoms with Crippen LogP contribution in [0.4, 0.5) is 27.8 Å². The molecule has 1 aliphatic carbocycles. The van der Waals surface area contributed by atoms with E-state index in [2.05, 4.69) is 25.1 Å². The zero-order valence-electron chi connectivity index (χ0n) is 14.8. The maximum atomic E-state index is 13.4. The highest BCUT2D eigenvalue weighted by atomic mass is 19.4. The number of rotatable bonds is 3. The van der Waals surface area contributed by atoms with E-state index in [1.807, 2.05) is 0 Å². The minimum Gasteiger partial charge on any atom is -0.418 e. The number of aromatic amines is 1. The van der Waals surface area contributed by atoms with Gasteiger partial charge in [-0.2, -0.15) is 13.2 Å². The van der Waals surface area contributed by atoms with Gasteiger partial charge in [0.15, 0.2) is 5.65 Å². The molecule has 0 aliphatic heterocycles. The fourth-order valence-electron chi connectivity index (χ4n) is 3.24. The molecular weight excluding hydrogens is 399 g/mol. The van der Waals surface area contributed by atoms with Gasteiger partial charge >= 0.3 is 6.18 Å². The zero-order valence-corrected chi connectivity index (χ0v) is 14.8. The number of pyridine rings is 1. The van der Waals surface area contributed by atoms with Crippen molar-refractivity contribution in [2.24, 2.45) is 0 Å². The van der Waals surface area contributed by atoms with Crippen LogP contribution in [-0.2, 0) is 6.18 Å². The average Bonchev–Trinajstić information content (AvgIpc) is 3.04. The van der Waals surface area contributed by atoms with Crippen LogP contribution in [0.3, 0.4) is 0 Å². The summed E-state index contributed by atoms with van der Waals surface area (Å²) in [7, 11) is 0. The highest BCUT2D eigenvalue weighted by molar-refractivity contribution is 5.90. The van der Waals surface area contributed by atoms with Crippen molar-refractivity contribution in [3.63, 3.8) is 0 Å². The molecule has 0 saturated heterocycles. The van der Waals surface area contributed by atoms with Gasteiger partial charge in [0.1, 0.15) is 17.0 Å². The number of alkyl halides is 5. The van der Waals surface area contributed by atoms with E-state index in [1.165, 1.54) is 0 Å². The van der Waals surface area contributed by atoms with Gasteiger partial charge in [0.05, 0.1) is 5.56 Å². The summed E-state index contributed by atoms with van der Waals surface area (Å²) in [5, 5.41) is 6.64. The van der Waals surface area contributed by atoms with Gasteiger partial charge in [-0.3, -0.25) is 5.10 Å². The number of halogens is 5. The highest BCUT2D eigenvalue weighted by Crippen LogP contribution is 2.41. The molecule has 3 aromatic rings. The van der Waals surface area contributed by atoms with Crippen LogP contribution in [0.15, 0.2) is 18.3 Å². The lowest BCUT2D eigenvalue weighted by atomic mass is 9.86. The van der Waals surface area contributed by atoms with Crippen molar-refractivity contribution in [1.29, 1.82) is 0 Å². The minimum atomic E-state index is -4.55. The second-order valence-corrected chi connectivity index (χ2v) is 6.83. The summed E-state index contributed by atoms with van der Waals surface area (Å²) in [6.45, 7) is 0. The molecule has 12 heteroatoms. The standard InChI is InChI=1S/C17H15F5N6O/c18-16(19)4-1-8(2-5-16)13-25-12(23)11-14(26-13)27-28-15(11)29-10-7-9(3-6-24-10)17(20,21)22/h3,6-8H,1-2,4-5H2,(H3,23,25,26,27,28). The number of nitrogen functional groups attached to an aromatic ring is 1. The van der Waals surface area contributed by atoms with E-state index < -0.39 is 17.7 Å². The normalized spacial score (nSPS) is 17.6. The Morgan fingerprint density at radius 2 is 1.90 bits per heavy atom. The van der Waals surface area contributed by atoms with Gasteiger partial charge in [0.2, 0.25) is 11.8 Å². The van der Waals surface area contributed by atoms with Crippen LogP contribution in [-0.4, -0.2) is 31.1 Å². The quantitative estimate of drug-likeness (QED) is 0.615. The van der Waals surface area contributed by atoms with Crippen molar-refractivity contribution in [1.82, 2.24) is 25.1 Å². The average molecular weight is 414 g/mol. The van der Waals surface area contributed by atoms with Crippen molar-refractivity contribution >= 4 is 16.9 Å². The Balaban J connectivity index is 1.61. The monoisotopic (exact) mass is 414 g/mol. The second kappa shape index (κ2) is 6.78. The van der Waals surface area contributed by atoms with Crippen molar-refractivity contribution < 1.29 is 26.7 Å². The van der Waals surface area contributed by atoms with Gasteiger partial charge in [-0.05, 0) is 18.9 Å². The first-order valence-corrected chi connectivity index (χ1v) is 8.73. The summed E-state index contributed by atoms with van der Waals surface area (Å²) in [5.74, 6) is -3.11. The molecule has 0 atom stereocenters. The molecule has 3 N–H and O–H groups in total. The topological polar surface area (TPSA) is 103 Å². The molecule has 0 unspecified atom stereocenters. The summed E-state index contributed by atoms with van der Waals surface area (Å²) in [5.41, 5.74) is 5.25. The number of ether oxygens (including phenoxy) is 1. The van der Waals surface area contributed by atoms with Crippen LogP contribution in [0, 0.1) is 0 Å². The lowest BCUT2D eigenvalue weighted by molar-refractivity contribution is -0.137. The van der Waals surface area contributed by atoms with Gasteiger partial charge < -0.3 is 10.5 Å². The molecule has 0 aromatic carbocycles. The highest BCUT2D eigenvalue weighted by Gasteiger charge is 2.37. The van der Waals surface area contributed by atoms with Gasteiger partial charge in [-0.1, -0.05) is 0 Å². The van der Waals surface area contributed by atoms with Gasteiger partial charge in [0, 0.05) is 31.0 Å². The molecule has 3 aromatic heterocycles. The van der Waals surface area contributed by atoms with Crippen molar-refractivity contribution in [3.8, 4) is 11.8 Å². The van der Waals surface area contributed by atoms with E-state index in [4.69, 9.17) is 10.5 Å². The van der Waals surface area contributed by atoms with Crippen LogP contribution in [0.2, 0.25) is 0 Å². The Hall–Kier alpha value is -3.05. The van der Waals surface area contributed by atoms with E-state index in [-0.39, 0.29) is 60.2 Å². The largest absolute Gasteiger partial charge is 0.418 e. The van der Waals surface area contributed by atoms with Crippen LogP contribution in [0.25, 0.3) is 11.0 Å². The number of nitrogens with one attached hydrogen (secondary N) is 1. The molecule has 0 amide bonds. The van der Waals surface area contributed by atoms with Crippen LogP contribution < -0.4 is 10.5 Å². The summed E-state index contributed by atoms with van der Waals surface area (Å²) in [6, 6.07) is 1.54. The number of hydrogen-bond acceptors (Lipinski definition) is 6. The fraction of sp³-hybridized carbons (Fsp3) is 0.412. The van der Waals surface area contributed by atoms with Gasteiger partial charge in [-0.25, -0.2) is 23.7 Å². The Morgan fingerprint density at radius 3 is 2.59 bits per heavy atom. The Kier molecular flexibility index (Phi) is 4.50. The lowest BCUT2D eigenvalue weighted by Crippen LogP contribution is -2.24. The maximum Gasteiger partial charge on any atom is 0.416 e. The molecule has 0 bridgehead atoms. The van der Waals surface area contributed by atoms with Crippen LogP contribution in [0.5, 0.6) is 11.8 Å². The third-order valence-corrected chi connectivity index (χ3v) is 4.78. The zero-order chi connectivity index (χ0) is 20.8. The summed E-state index contributed by atoms with van der Waals surface area (Å²) in [4.78, 5) is 12.2. The Bertz CT molecular complexity index is 1040. The van der Waals surface area contributed by atoms with Crippen LogP contribution in [0.1, 0.15) is 43.0 Å². The summed E-state index contributed by atoms with van der Waals surface area (Å²) >= 11 is 0. The first kappa shape index (κ1) is 19.3. The molecule has 1 saturated carbocycles. The van der Waals surface area contributed by atoms with Crippen molar-refractivity contribution in [2.45, 2.75) is 43.7 Å².